The summed E-state index contributed by atoms with van der Waals surface area (Å²) in [4.78, 5) is 34.4. The Morgan fingerprint density at radius 3 is 2.33 bits per heavy atom. The number of hydrogen-bond donors (Lipinski definition) is 1. The van der Waals surface area contributed by atoms with E-state index in [0.29, 0.717) is 61.3 Å². The summed E-state index contributed by atoms with van der Waals surface area (Å²) >= 11 is 1.44. The molecule has 1 unspecified atom stereocenters. The summed E-state index contributed by atoms with van der Waals surface area (Å²) in [7, 11) is 1.70. The second kappa shape index (κ2) is 13.1. The van der Waals surface area contributed by atoms with Crippen molar-refractivity contribution in [2.45, 2.75) is 37.5 Å². The average molecular weight is 608 g/mol. The van der Waals surface area contributed by atoms with E-state index in [-0.39, 0.29) is 17.7 Å². The van der Waals surface area contributed by atoms with Gasteiger partial charge in [-0.1, -0.05) is 60.7 Å². The number of aliphatic hydroxyl groups excluding tert-OH is 1. The molecule has 1 saturated heterocycles. The zero-order chi connectivity index (χ0) is 30.6. The van der Waals surface area contributed by atoms with Gasteiger partial charge in [0.05, 0.1) is 16.7 Å². The van der Waals surface area contributed by atoms with Gasteiger partial charge < -0.3 is 14.9 Å². The number of aliphatic hydroxyl groups is 1. The first-order valence-corrected chi connectivity index (χ1v) is 15.0. The Morgan fingerprint density at radius 2 is 1.65 bits per heavy atom. The molecule has 1 aliphatic rings. The molecule has 4 aromatic rings. The zero-order valence-corrected chi connectivity index (χ0v) is 24.4. The van der Waals surface area contributed by atoms with Crippen molar-refractivity contribution in [3.63, 3.8) is 0 Å². The Morgan fingerprint density at radius 1 is 1.00 bits per heavy atom. The number of hydrogen-bond acceptors (Lipinski definition) is 5. The normalized spacial score (nSPS) is 14.9. The number of carbonyl (C=O) groups excluding carboxylic acids is 2. The number of thiazole rings is 1. The Labute approximate surface area is 252 Å². The summed E-state index contributed by atoms with van der Waals surface area (Å²) in [6.07, 6.45) is -3.29. The van der Waals surface area contributed by atoms with Crippen LogP contribution >= 0.6 is 11.3 Å². The highest BCUT2D eigenvalue weighted by molar-refractivity contribution is 7.09. The van der Waals surface area contributed by atoms with Gasteiger partial charge >= 0.3 is 6.18 Å². The lowest BCUT2D eigenvalue weighted by Gasteiger charge is -2.31. The summed E-state index contributed by atoms with van der Waals surface area (Å²) in [6, 6.07) is 21.1. The van der Waals surface area contributed by atoms with Crippen LogP contribution in [0.1, 0.15) is 68.3 Å². The van der Waals surface area contributed by atoms with Gasteiger partial charge in [0.25, 0.3) is 11.8 Å². The minimum Gasteiger partial charge on any atom is -0.388 e. The topological polar surface area (TPSA) is 73.7 Å². The maximum absolute atomic E-state index is 13.5. The lowest BCUT2D eigenvalue weighted by Crippen LogP contribution is -2.38. The summed E-state index contributed by atoms with van der Waals surface area (Å²) in [5, 5.41) is 13.0. The number of carbonyl (C=O) groups is 2. The fourth-order valence-corrected chi connectivity index (χ4v) is 6.25. The van der Waals surface area contributed by atoms with E-state index in [9.17, 15) is 27.9 Å². The molecule has 0 bridgehead atoms. The molecular formula is C33H32F3N3O3S. The smallest absolute Gasteiger partial charge is 0.388 e. The Hall–Kier alpha value is -4.02. The predicted octanol–water partition coefficient (Wildman–Crippen LogP) is 7.04. The second-order valence-electron chi connectivity index (χ2n) is 10.7. The molecule has 1 aliphatic heterocycles. The Kier molecular flexibility index (Phi) is 9.27. The average Bonchev–Trinajstić information content (AvgIpc) is 3.53. The number of benzene rings is 3. The molecule has 0 aliphatic carbocycles. The van der Waals surface area contributed by atoms with E-state index in [2.05, 4.69) is 4.98 Å². The van der Waals surface area contributed by atoms with Gasteiger partial charge in [0.15, 0.2) is 0 Å². The van der Waals surface area contributed by atoms with Crippen molar-refractivity contribution in [3.8, 4) is 11.1 Å². The van der Waals surface area contributed by atoms with Gasteiger partial charge in [-0.25, -0.2) is 4.98 Å². The van der Waals surface area contributed by atoms with Gasteiger partial charge in [-0.3, -0.25) is 9.59 Å². The molecule has 5 rings (SSSR count). The van der Waals surface area contributed by atoms with Crippen molar-refractivity contribution < 1.29 is 27.9 Å². The van der Waals surface area contributed by atoms with Crippen LogP contribution in [0, 0.1) is 0 Å². The Balaban J connectivity index is 1.18. The minimum absolute atomic E-state index is 0.117. The zero-order valence-electron chi connectivity index (χ0n) is 23.6. The van der Waals surface area contributed by atoms with Crippen LogP contribution < -0.4 is 0 Å². The summed E-state index contributed by atoms with van der Waals surface area (Å²) in [6.45, 7) is 1.40. The highest BCUT2D eigenvalue weighted by atomic mass is 32.1. The maximum atomic E-state index is 13.5. The largest absolute Gasteiger partial charge is 0.416 e. The third-order valence-corrected chi connectivity index (χ3v) is 8.83. The molecule has 3 aromatic carbocycles. The highest BCUT2D eigenvalue weighted by Gasteiger charge is 2.31. The molecule has 1 fully saturated rings. The van der Waals surface area contributed by atoms with Gasteiger partial charge in [0.2, 0.25) is 0 Å². The minimum atomic E-state index is -4.42. The first-order valence-electron chi connectivity index (χ1n) is 14.1. The van der Waals surface area contributed by atoms with Crippen molar-refractivity contribution in [3.05, 3.63) is 112 Å². The number of rotatable bonds is 8. The van der Waals surface area contributed by atoms with Gasteiger partial charge in [-0.05, 0) is 54.2 Å². The molecule has 10 heteroatoms. The van der Waals surface area contributed by atoms with Crippen LogP contribution in [-0.2, 0) is 6.18 Å². The molecule has 0 spiro atoms. The number of likely N-dealkylation sites (tertiary alicyclic amines) is 1. The first kappa shape index (κ1) is 30.4. The van der Waals surface area contributed by atoms with Crippen LogP contribution in [-0.4, -0.2) is 58.4 Å². The molecule has 2 amide bonds. The van der Waals surface area contributed by atoms with Crippen molar-refractivity contribution in [2.24, 2.45) is 0 Å². The third kappa shape index (κ3) is 7.14. The Bertz CT molecular complexity index is 1550. The second-order valence-corrected chi connectivity index (χ2v) is 11.6. The number of alkyl halides is 3. The van der Waals surface area contributed by atoms with Crippen LogP contribution in [0.25, 0.3) is 11.1 Å². The van der Waals surface area contributed by atoms with E-state index in [1.807, 2.05) is 30.3 Å². The van der Waals surface area contributed by atoms with Gasteiger partial charge in [-0.15, -0.1) is 11.3 Å². The first-order chi connectivity index (χ1) is 20.6. The van der Waals surface area contributed by atoms with Gasteiger partial charge in [0, 0.05) is 43.5 Å². The molecule has 0 radical (unpaired) electrons. The summed E-state index contributed by atoms with van der Waals surface area (Å²) in [5.74, 6) is -0.246. The SMILES string of the molecule is CN(CCC(O)c1ccccc1)C(=O)c1csc(C2CCN(C(=O)c3ccccc3-c3ccc(C(F)(F)F)cc3)CC2)n1. The van der Waals surface area contributed by atoms with Crippen molar-refractivity contribution in [1.82, 2.24) is 14.8 Å². The molecule has 1 aromatic heterocycles. The summed E-state index contributed by atoms with van der Waals surface area (Å²) < 4.78 is 39.1. The fourth-order valence-electron chi connectivity index (χ4n) is 5.29. The highest BCUT2D eigenvalue weighted by Crippen LogP contribution is 2.34. The van der Waals surface area contributed by atoms with Crippen LogP contribution in [0.5, 0.6) is 0 Å². The molecule has 2 heterocycles. The number of halogens is 3. The fraction of sp³-hybridized carbons (Fsp3) is 0.303. The molecule has 6 nitrogen and oxygen atoms in total. The lowest BCUT2D eigenvalue weighted by atomic mass is 9.94. The molecule has 1 atom stereocenters. The van der Waals surface area contributed by atoms with Crippen molar-refractivity contribution in [1.29, 1.82) is 0 Å². The van der Waals surface area contributed by atoms with Crippen molar-refractivity contribution in [2.75, 3.05) is 26.7 Å². The lowest BCUT2D eigenvalue weighted by molar-refractivity contribution is -0.137. The van der Waals surface area contributed by atoms with Crippen LogP contribution in [0.3, 0.4) is 0 Å². The molecule has 1 N–H and O–H groups in total. The van der Waals surface area contributed by atoms with E-state index < -0.39 is 17.8 Å². The van der Waals surface area contributed by atoms with Gasteiger partial charge in [-0.2, -0.15) is 13.2 Å². The standard InChI is InChI=1S/C33H32F3N3O3S/c1-38(18-17-29(40)23-7-3-2-4-8-23)32(42)28-21-43-30(37-28)24-15-19-39(20-16-24)31(41)27-10-6-5-9-26(27)22-11-13-25(14-12-22)33(34,35)36/h2-14,21,24,29,40H,15-20H2,1H3. The number of piperidine rings is 1. The van der Waals surface area contributed by atoms with E-state index >= 15 is 0 Å². The molecule has 224 valence electrons. The van der Waals surface area contributed by atoms with Crippen LogP contribution in [0.15, 0.2) is 84.2 Å². The number of amides is 2. The van der Waals surface area contributed by atoms with Crippen molar-refractivity contribution >= 4 is 23.2 Å². The molecule has 0 saturated carbocycles. The van der Waals surface area contributed by atoms with E-state index in [0.717, 1.165) is 22.7 Å². The van der Waals surface area contributed by atoms with Crippen LogP contribution in [0.4, 0.5) is 13.2 Å². The van der Waals surface area contributed by atoms with E-state index in [1.165, 1.54) is 23.5 Å². The molecular weight excluding hydrogens is 575 g/mol. The summed E-state index contributed by atoms with van der Waals surface area (Å²) in [5.41, 5.74) is 2.04. The predicted molar refractivity (Wildman–Crippen MR) is 160 cm³/mol. The van der Waals surface area contributed by atoms with E-state index in [4.69, 9.17) is 0 Å². The maximum Gasteiger partial charge on any atom is 0.416 e. The third-order valence-electron chi connectivity index (χ3n) is 7.82. The monoisotopic (exact) mass is 607 g/mol. The van der Waals surface area contributed by atoms with E-state index in [1.54, 1.807) is 46.5 Å². The quantitative estimate of drug-likeness (QED) is 0.233. The van der Waals surface area contributed by atoms with Gasteiger partial charge in [0.1, 0.15) is 5.69 Å². The molecule has 43 heavy (non-hydrogen) atoms. The van der Waals surface area contributed by atoms with Crippen LogP contribution in [0.2, 0.25) is 0 Å². The number of aromatic nitrogens is 1. The number of nitrogens with zero attached hydrogens (tertiary/aromatic N) is 3.